The van der Waals surface area contributed by atoms with Crippen LogP contribution in [-0.4, -0.2) is 48.3 Å². The molecule has 2 unspecified atom stereocenters. The average molecular weight is 404 g/mol. The molecule has 3 heterocycles. The first-order chi connectivity index (χ1) is 13.4. The Labute approximate surface area is 165 Å². The van der Waals surface area contributed by atoms with Crippen LogP contribution in [0.2, 0.25) is 0 Å². The number of para-hydroxylation sites is 1. The van der Waals surface area contributed by atoms with Gasteiger partial charge >= 0.3 is 0 Å². The molecule has 9 heteroatoms. The maximum atomic E-state index is 13.0. The summed E-state index contributed by atoms with van der Waals surface area (Å²) in [6.07, 6.45) is 2.87. The molecule has 4 rings (SSSR count). The number of amides is 1. The Balaban J connectivity index is 1.53. The highest BCUT2D eigenvalue weighted by molar-refractivity contribution is 7.89. The SMILES string of the molecule is CC(C)n1nccc1C(=O)N1CCCC(C2Nc3ccccc3S(=O)(=O)N2)C1. The number of rotatable bonds is 3. The molecule has 150 valence electrons. The summed E-state index contributed by atoms with van der Waals surface area (Å²) in [5.41, 5.74) is 1.17. The van der Waals surface area contributed by atoms with Gasteiger partial charge in [0, 0.05) is 31.2 Å². The number of aromatic nitrogens is 2. The summed E-state index contributed by atoms with van der Waals surface area (Å²) >= 11 is 0. The Morgan fingerprint density at radius 2 is 2.04 bits per heavy atom. The highest BCUT2D eigenvalue weighted by Crippen LogP contribution is 2.30. The van der Waals surface area contributed by atoms with Crippen LogP contribution in [0.15, 0.2) is 41.4 Å². The Morgan fingerprint density at radius 1 is 1.25 bits per heavy atom. The molecule has 0 saturated carbocycles. The number of hydrogen-bond donors (Lipinski definition) is 2. The van der Waals surface area contributed by atoms with Crippen molar-refractivity contribution < 1.29 is 13.2 Å². The number of likely N-dealkylation sites (tertiary alicyclic amines) is 1. The van der Waals surface area contributed by atoms with Gasteiger partial charge in [-0.25, -0.2) is 8.42 Å². The van der Waals surface area contributed by atoms with Crippen molar-refractivity contribution >= 4 is 21.6 Å². The van der Waals surface area contributed by atoms with Crippen molar-refractivity contribution in [3.63, 3.8) is 0 Å². The van der Waals surface area contributed by atoms with Crippen molar-refractivity contribution in [3.8, 4) is 0 Å². The van der Waals surface area contributed by atoms with Gasteiger partial charge < -0.3 is 10.2 Å². The van der Waals surface area contributed by atoms with Crippen LogP contribution in [0.5, 0.6) is 0 Å². The van der Waals surface area contributed by atoms with Crippen molar-refractivity contribution in [2.24, 2.45) is 5.92 Å². The van der Waals surface area contributed by atoms with E-state index in [1.807, 2.05) is 19.9 Å². The quantitative estimate of drug-likeness (QED) is 0.818. The Bertz CT molecular complexity index is 985. The second-order valence-corrected chi connectivity index (χ2v) is 9.33. The minimum Gasteiger partial charge on any atom is -0.368 e. The molecule has 2 N–H and O–H groups in total. The maximum Gasteiger partial charge on any atom is 0.272 e. The summed E-state index contributed by atoms with van der Waals surface area (Å²) in [6.45, 7) is 5.13. The monoisotopic (exact) mass is 403 g/mol. The number of carbonyl (C=O) groups is 1. The molecule has 2 aliphatic rings. The van der Waals surface area contributed by atoms with Gasteiger partial charge in [0.15, 0.2) is 0 Å². The Morgan fingerprint density at radius 3 is 2.82 bits per heavy atom. The molecule has 1 aromatic carbocycles. The first-order valence-electron chi connectivity index (χ1n) is 9.57. The van der Waals surface area contributed by atoms with E-state index in [2.05, 4.69) is 15.1 Å². The number of fused-ring (bicyclic) bond motifs is 1. The lowest BCUT2D eigenvalue weighted by Crippen LogP contribution is -2.54. The standard InChI is InChI=1S/C19H25N5O3S/c1-13(2)24-16(9-10-20-24)19(25)23-11-5-6-14(12-23)18-21-15-7-3-4-8-17(15)28(26,27)22-18/h3-4,7-10,13-14,18,21-22H,5-6,11-12H2,1-2H3. The van der Waals surface area contributed by atoms with E-state index in [1.54, 1.807) is 40.0 Å². The smallest absolute Gasteiger partial charge is 0.272 e. The summed E-state index contributed by atoms with van der Waals surface area (Å²) in [5, 5.41) is 7.55. The molecule has 0 bridgehead atoms. The van der Waals surface area contributed by atoms with E-state index < -0.39 is 16.2 Å². The maximum absolute atomic E-state index is 13.0. The summed E-state index contributed by atoms with van der Waals surface area (Å²) in [5.74, 6) is -0.0776. The molecule has 0 aliphatic carbocycles. The van der Waals surface area contributed by atoms with Crippen molar-refractivity contribution in [2.75, 3.05) is 18.4 Å². The van der Waals surface area contributed by atoms with Gasteiger partial charge in [0.25, 0.3) is 5.91 Å². The third kappa shape index (κ3) is 3.40. The summed E-state index contributed by atoms with van der Waals surface area (Å²) in [6, 6.07) is 8.71. The van der Waals surface area contributed by atoms with E-state index >= 15 is 0 Å². The van der Waals surface area contributed by atoms with Crippen molar-refractivity contribution in [1.29, 1.82) is 0 Å². The molecule has 2 aromatic rings. The van der Waals surface area contributed by atoms with E-state index in [-0.39, 0.29) is 22.8 Å². The highest BCUT2D eigenvalue weighted by atomic mass is 32.2. The molecule has 1 fully saturated rings. The van der Waals surface area contributed by atoms with Gasteiger partial charge in [0.05, 0.1) is 11.9 Å². The molecule has 1 amide bonds. The van der Waals surface area contributed by atoms with Crippen LogP contribution in [0, 0.1) is 5.92 Å². The molecule has 0 spiro atoms. The Hall–Kier alpha value is -2.39. The van der Waals surface area contributed by atoms with Gasteiger partial charge in [-0.15, -0.1) is 0 Å². The van der Waals surface area contributed by atoms with Crippen LogP contribution in [0.1, 0.15) is 43.2 Å². The topological polar surface area (TPSA) is 96.3 Å². The molecule has 8 nitrogen and oxygen atoms in total. The molecular weight excluding hydrogens is 378 g/mol. The predicted molar refractivity (Wildman–Crippen MR) is 105 cm³/mol. The van der Waals surface area contributed by atoms with Crippen molar-refractivity contribution in [2.45, 2.75) is 43.8 Å². The van der Waals surface area contributed by atoms with Gasteiger partial charge in [-0.3, -0.25) is 9.48 Å². The molecular formula is C19H25N5O3S. The number of anilines is 1. The minimum absolute atomic E-state index is 0.0174. The van der Waals surface area contributed by atoms with E-state index in [9.17, 15) is 13.2 Å². The number of sulfonamides is 1. The number of benzene rings is 1. The molecule has 2 aliphatic heterocycles. The number of hydrogen-bond acceptors (Lipinski definition) is 5. The van der Waals surface area contributed by atoms with Crippen LogP contribution in [0.3, 0.4) is 0 Å². The van der Waals surface area contributed by atoms with Crippen molar-refractivity contribution in [3.05, 3.63) is 42.2 Å². The lowest BCUT2D eigenvalue weighted by molar-refractivity contribution is 0.0644. The fourth-order valence-corrected chi connectivity index (χ4v) is 5.37. The third-order valence-electron chi connectivity index (χ3n) is 5.36. The highest BCUT2D eigenvalue weighted by Gasteiger charge is 2.37. The van der Waals surface area contributed by atoms with Gasteiger partial charge in [-0.1, -0.05) is 12.1 Å². The number of piperidine rings is 1. The van der Waals surface area contributed by atoms with Gasteiger partial charge in [-0.05, 0) is 44.9 Å². The Kier molecular flexibility index (Phi) is 4.88. The first kappa shape index (κ1) is 18.9. The third-order valence-corrected chi connectivity index (χ3v) is 6.86. The largest absolute Gasteiger partial charge is 0.368 e. The van der Waals surface area contributed by atoms with Crippen LogP contribution in [-0.2, 0) is 10.0 Å². The normalized spacial score (nSPS) is 23.9. The van der Waals surface area contributed by atoms with Crippen LogP contribution in [0.4, 0.5) is 5.69 Å². The molecule has 1 aromatic heterocycles. The number of nitrogens with one attached hydrogen (secondary N) is 2. The zero-order valence-corrected chi connectivity index (χ0v) is 16.8. The summed E-state index contributed by atoms with van der Waals surface area (Å²) in [7, 11) is -3.57. The second-order valence-electron chi connectivity index (χ2n) is 7.65. The lowest BCUT2D eigenvalue weighted by atomic mass is 9.94. The number of nitrogens with zero attached hydrogens (tertiary/aromatic N) is 3. The van der Waals surface area contributed by atoms with Crippen molar-refractivity contribution in [1.82, 2.24) is 19.4 Å². The predicted octanol–water partition coefficient (Wildman–Crippen LogP) is 2.05. The van der Waals surface area contributed by atoms with Gasteiger partial charge in [0.2, 0.25) is 10.0 Å². The second kappa shape index (κ2) is 7.21. The molecule has 0 radical (unpaired) electrons. The summed E-state index contributed by atoms with van der Waals surface area (Å²) < 4.78 is 29.7. The molecule has 1 saturated heterocycles. The van der Waals surface area contributed by atoms with E-state index in [0.717, 1.165) is 12.8 Å². The fourth-order valence-electron chi connectivity index (χ4n) is 3.99. The number of carbonyl (C=O) groups excluding carboxylic acids is 1. The van der Waals surface area contributed by atoms with Gasteiger partial charge in [0.1, 0.15) is 10.6 Å². The zero-order valence-electron chi connectivity index (χ0n) is 16.0. The van der Waals surface area contributed by atoms with Crippen LogP contribution < -0.4 is 10.0 Å². The summed E-state index contributed by atoms with van der Waals surface area (Å²) in [4.78, 5) is 15.1. The van der Waals surface area contributed by atoms with Crippen LogP contribution >= 0.6 is 0 Å². The fraction of sp³-hybridized carbons (Fsp3) is 0.474. The first-order valence-corrected chi connectivity index (χ1v) is 11.1. The van der Waals surface area contributed by atoms with E-state index in [1.165, 1.54) is 0 Å². The van der Waals surface area contributed by atoms with Gasteiger partial charge in [-0.2, -0.15) is 9.82 Å². The van der Waals surface area contributed by atoms with E-state index in [0.29, 0.717) is 24.5 Å². The van der Waals surface area contributed by atoms with E-state index in [4.69, 9.17) is 0 Å². The average Bonchev–Trinajstić information content (AvgIpc) is 3.17. The molecule has 2 atom stereocenters. The minimum atomic E-state index is -3.57. The lowest BCUT2D eigenvalue weighted by Gasteiger charge is -2.39. The van der Waals surface area contributed by atoms with Crippen LogP contribution in [0.25, 0.3) is 0 Å². The molecule has 28 heavy (non-hydrogen) atoms. The zero-order chi connectivity index (χ0) is 19.9.